The Labute approximate surface area is 164 Å². The maximum absolute atomic E-state index is 13.4. The van der Waals surface area contributed by atoms with E-state index in [1.807, 2.05) is 12.1 Å². The predicted octanol–water partition coefficient (Wildman–Crippen LogP) is 4.03. The number of phenols is 1. The first kappa shape index (κ1) is 19.6. The highest BCUT2D eigenvalue weighted by Crippen LogP contribution is 2.42. The van der Waals surface area contributed by atoms with Gasteiger partial charge in [0.1, 0.15) is 0 Å². The number of ketones is 1. The van der Waals surface area contributed by atoms with E-state index in [1.54, 1.807) is 18.2 Å². The van der Waals surface area contributed by atoms with Gasteiger partial charge in [-0.05, 0) is 43.0 Å². The molecule has 6 heteroatoms. The van der Waals surface area contributed by atoms with Crippen LogP contribution in [0.3, 0.4) is 0 Å². The monoisotopic (exact) mass is 384 g/mol. The Morgan fingerprint density at radius 1 is 0.929 bits per heavy atom. The van der Waals surface area contributed by atoms with E-state index in [0.29, 0.717) is 40.6 Å². The lowest BCUT2D eigenvalue weighted by Gasteiger charge is -2.16. The third-order valence-electron chi connectivity index (χ3n) is 4.91. The van der Waals surface area contributed by atoms with Crippen molar-refractivity contribution in [1.29, 1.82) is 0 Å². The molecule has 2 aromatic carbocycles. The van der Waals surface area contributed by atoms with Crippen molar-refractivity contribution in [3.05, 3.63) is 47.0 Å². The molecule has 0 spiro atoms. The van der Waals surface area contributed by atoms with Gasteiger partial charge in [-0.3, -0.25) is 4.79 Å². The Hall–Kier alpha value is -3.15. The fraction of sp³-hybridized carbons (Fsp3) is 0.318. The Balaban J connectivity index is 2.11. The molecule has 148 valence electrons. The van der Waals surface area contributed by atoms with Crippen LogP contribution in [0.1, 0.15) is 34.3 Å². The number of methoxy groups -OCH3 is 4. The lowest BCUT2D eigenvalue weighted by Crippen LogP contribution is -2.07. The van der Waals surface area contributed by atoms with Crippen LogP contribution in [-0.2, 0) is 6.42 Å². The number of Topliss-reactive ketones (excluding diaryl/α,β-unsaturated/α-hetero) is 1. The van der Waals surface area contributed by atoms with Crippen molar-refractivity contribution in [2.24, 2.45) is 0 Å². The second kappa shape index (κ2) is 8.25. The summed E-state index contributed by atoms with van der Waals surface area (Å²) < 4.78 is 21.3. The molecular weight excluding hydrogens is 360 g/mol. The molecule has 0 aliphatic heterocycles. The van der Waals surface area contributed by atoms with Gasteiger partial charge in [0, 0.05) is 16.7 Å². The number of fused-ring (bicyclic) bond motifs is 1. The minimum Gasteiger partial charge on any atom is -0.504 e. The van der Waals surface area contributed by atoms with Gasteiger partial charge < -0.3 is 24.1 Å². The second-order valence-corrected chi connectivity index (χ2v) is 6.40. The Bertz CT molecular complexity index is 904. The minimum absolute atomic E-state index is 0.0884. The molecule has 0 radical (unpaired) electrons. The summed E-state index contributed by atoms with van der Waals surface area (Å²) in [4.78, 5) is 13.4. The molecule has 1 aliphatic rings. The van der Waals surface area contributed by atoms with E-state index < -0.39 is 0 Å². The smallest absolute Gasteiger partial charge is 0.203 e. The summed E-state index contributed by atoms with van der Waals surface area (Å²) in [6, 6.07) is 6.77. The number of carbonyl (C=O) groups excluding carboxylic acids is 1. The zero-order valence-electron chi connectivity index (χ0n) is 16.5. The minimum atomic E-state index is -0.174. The van der Waals surface area contributed by atoms with Crippen LogP contribution >= 0.6 is 0 Å². The standard InChI is InChI=1S/C22H24O6/c1-25-17-10-9-14-15(7-5-6-8-16(14)21(17)24)20(23)13-11-18(26-2)22(28-4)19(12-13)27-3/h7,9-12,24H,5-6,8H2,1-4H3. The number of ether oxygens (including phenoxy) is 4. The van der Waals surface area contributed by atoms with E-state index >= 15 is 0 Å². The van der Waals surface area contributed by atoms with Crippen molar-refractivity contribution >= 4 is 11.4 Å². The van der Waals surface area contributed by atoms with E-state index in [0.717, 1.165) is 24.0 Å². The van der Waals surface area contributed by atoms with E-state index in [2.05, 4.69) is 0 Å². The molecule has 0 atom stereocenters. The summed E-state index contributed by atoms with van der Waals surface area (Å²) in [7, 11) is 6.05. The molecule has 2 aromatic rings. The molecular formula is C22H24O6. The molecule has 0 bridgehead atoms. The molecule has 0 fully saturated rings. The molecule has 1 aliphatic carbocycles. The highest BCUT2D eigenvalue weighted by Gasteiger charge is 2.25. The number of phenolic OH excluding ortho intramolecular Hbond substituents is 1. The van der Waals surface area contributed by atoms with E-state index in [9.17, 15) is 9.90 Å². The number of rotatable bonds is 6. The molecule has 0 heterocycles. The van der Waals surface area contributed by atoms with Gasteiger partial charge in [-0.2, -0.15) is 0 Å². The van der Waals surface area contributed by atoms with Gasteiger partial charge in [-0.25, -0.2) is 0 Å². The van der Waals surface area contributed by atoms with Crippen LogP contribution in [0.4, 0.5) is 0 Å². The molecule has 0 aromatic heterocycles. The highest BCUT2D eigenvalue weighted by atomic mass is 16.5. The first-order chi connectivity index (χ1) is 13.5. The zero-order valence-corrected chi connectivity index (χ0v) is 16.5. The van der Waals surface area contributed by atoms with Gasteiger partial charge in [0.2, 0.25) is 5.75 Å². The van der Waals surface area contributed by atoms with Crippen molar-refractivity contribution in [1.82, 2.24) is 0 Å². The number of hydrogen-bond donors (Lipinski definition) is 1. The molecule has 3 rings (SSSR count). The normalized spacial score (nSPS) is 13.1. The average Bonchev–Trinajstić information content (AvgIpc) is 2.95. The maximum Gasteiger partial charge on any atom is 0.203 e. The fourth-order valence-electron chi connectivity index (χ4n) is 3.50. The van der Waals surface area contributed by atoms with Crippen molar-refractivity contribution in [3.8, 4) is 28.7 Å². The summed E-state index contributed by atoms with van der Waals surface area (Å²) in [5, 5.41) is 10.5. The third-order valence-corrected chi connectivity index (χ3v) is 4.91. The van der Waals surface area contributed by atoms with Crippen LogP contribution in [0.5, 0.6) is 28.7 Å². The quantitative estimate of drug-likeness (QED) is 0.758. The first-order valence-electron chi connectivity index (χ1n) is 8.99. The third kappa shape index (κ3) is 3.38. The molecule has 0 unspecified atom stereocenters. The lowest BCUT2D eigenvalue weighted by atomic mass is 9.92. The second-order valence-electron chi connectivity index (χ2n) is 6.40. The molecule has 6 nitrogen and oxygen atoms in total. The average molecular weight is 384 g/mol. The van der Waals surface area contributed by atoms with Crippen LogP contribution in [0.2, 0.25) is 0 Å². The fourth-order valence-corrected chi connectivity index (χ4v) is 3.50. The number of carbonyl (C=O) groups is 1. The van der Waals surface area contributed by atoms with Gasteiger partial charge in [0.25, 0.3) is 0 Å². The van der Waals surface area contributed by atoms with E-state index in [1.165, 1.54) is 28.4 Å². The number of benzene rings is 2. The number of hydrogen-bond acceptors (Lipinski definition) is 6. The number of allylic oxidation sites excluding steroid dienone is 2. The van der Waals surface area contributed by atoms with Gasteiger partial charge in [-0.1, -0.05) is 12.1 Å². The van der Waals surface area contributed by atoms with Gasteiger partial charge >= 0.3 is 0 Å². The van der Waals surface area contributed by atoms with Crippen LogP contribution < -0.4 is 18.9 Å². The van der Waals surface area contributed by atoms with Gasteiger partial charge in [-0.15, -0.1) is 0 Å². The summed E-state index contributed by atoms with van der Waals surface area (Å²) in [5.41, 5.74) is 2.40. The first-order valence-corrected chi connectivity index (χ1v) is 8.99. The maximum atomic E-state index is 13.4. The molecule has 1 N–H and O–H groups in total. The van der Waals surface area contributed by atoms with Gasteiger partial charge in [0.05, 0.1) is 28.4 Å². The summed E-state index contributed by atoms with van der Waals surface area (Å²) in [6.07, 6.45) is 4.16. The summed E-state index contributed by atoms with van der Waals surface area (Å²) in [5.74, 6) is 1.58. The summed E-state index contributed by atoms with van der Waals surface area (Å²) in [6.45, 7) is 0. The number of aromatic hydroxyl groups is 1. The molecule has 0 saturated heterocycles. The molecule has 0 amide bonds. The van der Waals surface area contributed by atoms with Crippen LogP contribution in [-0.4, -0.2) is 39.3 Å². The molecule has 0 saturated carbocycles. The van der Waals surface area contributed by atoms with Gasteiger partial charge in [0.15, 0.2) is 28.8 Å². The Morgan fingerprint density at radius 2 is 1.57 bits per heavy atom. The van der Waals surface area contributed by atoms with E-state index in [4.69, 9.17) is 18.9 Å². The summed E-state index contributed by atoms with van der Waals surface area (Å²) >= 11 is 0. The van der Waals surface area contributed by atoms with Crippen molar-refractivity contribution in [2.45, 2.75) is 19.3 Å². The highest BCUT2D eigenvalue weighted by molar-refractivity contribution is 6.29. The largest absolute Gasteiger partial charge is 0.504 e. The Morgan fingerprint density at radius 3 is 2.14 bits per heavy atom. The SMILES string of the molecule is COc1ccc2c(c1O)CCCC=C2C(=O)c1cc(OC)c(OC)c(OC)c1. The van der Waals surface area contributed by atoms with Crippen molar-refractivity contribution < 1.29 is 28.8 Å². The topological polar surface area (TPSA) is 74.2 Å². The van der Waals surface area contributed by atoms with Crippen molar-refractivity contribution in [2.75, 3.05) is 28.4 Å². The zero-order chi connectivity index (χ0) is 20.3. The van der Waals surface area contributed by atoms with E-state index in [-0.39, 0.29) is 11.5 Å². The van der Waals surface area contributed by atoms with Crippen LogP contribution in [0.15, 0.2) is 30.3 Å². The van der Waals surface area contributed by atoms with Crippen LogP contribution in [0.25, 0.3) is 5.57 Å². The Kier molecular flexibility index (Phi) is 5.78. The van der Waals surface area contributed by atoms with Crippen molar-refractivity contribution in [3.63, 3.8) is 0 Å². The molecule has 28 heavy (non-hydrogen) atoms. The predicted molar refractivity (Wildman–Crippen MR) is 106 cm³/mol. The lowest BCUT2D eigenvalue weighted by molar-refractivity contribution is 0.105. The van der Waals surface area contributed by atoms with Crippen LogP contribution in [0, 0.1) is 0 Å².